The Labute approximate surface area is 115 Å². The maximum atomic E-state index is 3.25. The fourth-order valence-corrected chi connectivity index (χ4v) is 1.20. The van der Waals surface area contributed by atoms with Crippen molar-refractivity contribution in [2.75, 3.05) is 0 Å². The second-order valence-electron chi connectivity index (χ2n) is 3.10. The molecule has 0 unspecified atom stereocenters. The molecule has 1 heteroatoms. The van der Waals surface area contributed by atoms with Gasteiger partial charge in [0.05, 0.1) is 0 Å². The molecule has 16 heavy (non-hydrogen) atoms. The smallest absolute Gasteiger partial charge is 0 e. The van der Waals surface area contributed by atoms with E-state index in [1.165, 1.54) is 25.7 Å². The summed E-state index contributed by atoms with van der Waals surface area (Å²) in [5.41, 5.74) is 0. The van der Waals surface area contributed by atoms with E-state index in [9.17, 15) is 0 Å². The molecule has 0 atom stereocenters. The maximum Gasteiger partial charge on any atom is 0 e. The largest absolute Gasteiger partial charge is 0.346 e. The minimum absolute atomic E-state index is 0. The third-order valence-corrected chi connectivity index (χ3v) is 1.92. The second-order valence-corrected chi connectivity index (χ2v) is 3.10. The molecule has 0 aliphatic heterocycles. The van der Waals surface area contributed by atoms with Gasteiger partial charge in [-0.15, -0.1) is 6.42 Å². The van der Waals surface area contributed by atoms with Crippen LogP contribution in [0.2, 0.25) is 0 Å². The standard InChI is InChI=1S/C8H12.C5H5.C2H5.Ir/c1-2-4-6-8-7-5-3-1;1-2-4-5-3-1;1-2;/h1-2,7-8H,3-6H2;1-3H,4H2;1H2,2H3;/q;2*-1;/b2-1-,8-7?;;;. The Balaban J connectivity index is 0. The van der Waals surface area contributed by atoms with Crippen LogP contribution >= 0.6 is 0 Å². The van der Waals surface area contributed by atoms with Crippen LogP contribution in [0.1, 0.15) is 39.0 Å². The molecule has 0 spiro atoms. The van der Waals surface area contributed by atoms with E-state index in [0.717, 1.165) is 6.42 Å². The summed E-state index contributed by atoms with van der Waals surface area (Å²) < 4.78 is 0. The molecule has 2 aliphatic carbocycles. The maximum absolute atomic E-state index is 3.25. The van der Waals surface area contributed by atoms with Gasteiger partial charge in [-0.1, -0.05) is 24.3 Å². The topological polar surface area (TPSA) is 0 Å². The van der Waals surface area contributed by atoms with Crippen molar-refractivity contribution in [1.29, 1.82) is 0 Å². The first-order valence-electron chi connectivity index (χ1n) is 5.72. The fraction of sp³-hybridized carbons (Fsp3) is 0.400. The van der Waals surface area contributed by atoms with Gasteiger partial charge in [0.25, 0.3) is 0 Å². The van der Waals surface area contributed by atoms with Crippen LogP contribution in [0.5, 0.6) is 0 Å². The molecule has 0 aromatic heterocycles. The zero-order valence-electron chi connectivity index (χ0n) is 10.1. The summed E-state index contributed by atoms with van der Waals surface area (Å²) in [5.74, 6) is 0. The molecule has 0 fully saturated rings. The van der Waals surface area contributed by atoms with Crippen LogP contribution in [0.15, 0.2) is 42.5 Å². The molecule has 0 aromatic rings. The van der Waals surface area contributed by atoms with Crippen molar-refractivity contribution in [2.45, 2.75) is 39.0 Å². The van der Waals surface area contributed by atoms with E-state index in [1.54, 1.807) is 6.92 Å². The van der Waals surface area contributed by atoms with Crippen molar-refractivity contribution in [1.82, 2.24) is 0 Å². The monoisotopic (exact) mass is 395 g/mol. The van der Waals surface area contributed by atoms with Crippen molar-refractivity contribution >= 4 is 0 Å². The summed E-state index contributed by atoms with van der Waals surface area (Å²) >= 11 is 0. The predicted molar refractivity (Wildman–Crippen MR) is 69.3 cm³/mol. The molecular formula is C15H22Ir-2. The number of allylic oxidation sites excluding steroid dienone is 8. The Bertz CT molecular complexity index is 186. The Morgan fingerprint density at radius 3 is 1.44 bits per heavy atom. The molecule has 0 bridgehead atoms. The van der Waals surface area contributed by atoms with Crippen LogP contribution < -0.4 is 0 Å². The summed E-state index contributed by atoms with van der Waals surface area (Å²) in [7, 11) is 0. The van der Waals surface area contributed by atoms with Gasteiger partial charge in [-0.3, -0.25) is 6.08 Å². The van der Waals surface area contributed by atoms with Gasteiger partial charge in [0.1, 0.15) is 0 Å². The van der Waals surface area contributed by atoms with Gasteiger partial charge in [-0.05, 0) is 25.7 Å². The summed E-state index contributed by atoms with van der Waals surface area (Å²) in [6, 6.07) is 0. The van der Waals surface area contributed by atoms with E-state index < -0.39 is 0 Å². The van der Waals surface area contributed by atoms with Crippen molar-refractivity contribution in [3.8, 4) is 0 Å². The van der Waals surface area contributed by atoms with Gasteiger partial charge in [0, 0.05) is 20.1 Å². The Morgan fingerprint density at radius 2 is 1.25 bits per heavy atom. The molecule has 0 saturated heterocycles. The number of rotatable bonds is 0. The first kappa shape index (κ1) is 18.0. The fourth-order valence-electron chi connectivity index (χ4n) is 1.20. The van der Waals surface area contributed by atoms with Crippen molar-refractivity contribution in [3.63, 3.8) is 0 Å². The third-order valence-electron chi connectivity index (χ3n) is 1.92. The first-order valence-corrected chi connectivity index (χ1v) is 5.72. The minimum Gasteiger partial charge on any atom is -0.346 e. The summed E-state index contributed by atoms with van der Waals surface area (Å²) in [5, 5.41) is 0. The Hall–Kier alpha value is -0.391. The van der Waals surface area contributed by atoms with E-state index in [0.29, 0.717) is 0 Å². The zero-order valence-corrected chi connectivity index (χ0v) is 12.5. The SMILES string of the molecule is C1=CCC/C=C\CC1.[C-]1=CC=CC1.[CH2-]C.[Ir]. The summed E-state index contributed by atoms with van der Waals surface area (Å²) in [4.78, 5) is 0. The molecule has 0 N–H and O–H groups in total. The van der Waals surface area contributed by atoms with Gasteiger partial charge in [0.2, 0.25) is 0 Å². The zero-order chi connectivity index (χ0) is 11.2. The van der Waals surface area contributed by atoms with E-state index >= 15 is 0 Å². The van der Waals surface area contributed by atoms with Gasteiger partial charge >= 0.3 is 0 Å². The summed E-state index contributed by atoms with van der Waals surface area (Å²) in [6.45, 7) is 5.00. The van der Waals surface area contributed by atoms with Gasteiger partial charge < -0.3 is 6.92 Å². The molecule has 2 aliphatic rings. The van der Waals surface area contributed by atoms with Crippen LogP contribution in [0.4, 0.5) is 0 Å². The van der Waals surface area contributed by atoms with Crippen molar-refractivity contribution in [2.24, 2.45) is 0 Å². The Kier molecular flexibility index (Phi) is 19.1. The minimum atomic E-state index is 0. The van der Waals surface area contributed by atoms with E-state index in [1.807, 2.05) is 12.2 Å². The average molecular weight is 395 g/mol. The third kappa shape index (κ3) is 13.6. The molecule has 2 rings (SSSR count). The van der Waals surface area contributed by atoms with E-state index in [4.69, 9.17) is 0 Å². The van der Waals surface area contributed by atoms with E-state index in [2.05, 4.69) is 43.4 Å². The average Bonchev–Trinajstić information content (AvgIpc) is 2.77. The van der Waals surface area contributed by atoms with Crippen LogP contribution in [0.3, 0.4) is 0 Å². The van der Waals surface area contributed by atoms with Crippen molar-refractivity contribution in [3.05, 3.63) is 55.5 Å². The van der Waals surface area contributed by atoms with Gasteiger partial charge in [-0.25, -0.2) is 12.2 Å². The molecule has 1 radical (unpaired) electrons. The predicted octanol–water partition coefficient (Wildman–Crippen LogP) is 4.82. The summed E-state index contributed by atoms with van der Waals surface area (Å²) in [6.07, 6.45) is 24.0. The van der Waals surface area contributed by atoms with Crippen LogP contribution in [0, 0.1) is 13.0 Å². The molecule has 0 nitrogen and oxygen atoms in total. The van der Waals surface area contributed by atoms with Gasteiger partial charge in [-0.2, -0.15) is 13.0 Å². The van der Waals surface area contributed by atoms with Crippen molar-refractivity contribution < 1.29 is 20.1 Å². The normalized spacial score (nSPS) is 17.9. The quantitative estimate of drug-likeness (QED) is 0.408. The molecule has 0 amide bonds. The van der Waals surface area contributed by atoms with Crippen LogP contribution in [0.25, 0.3) is 0 Å². The Morgan fingerprint density at radius 1 is 0.812 bits per heavy atom. The number of hydrogen-bond acceptors (Lipinski definition) is 0. The van der Waals surface area contributed by atoms with E-state index in [-0.39, 0.29) is 20.1 Å². The molecule has 0 heterocycles. The molecule has 0 aromatic carbocycles. The van der Waals surface area contributed by atoms with Crippen LogP contribution in [-0.4, -0.2) is 0 Å². The first-order chi connectivity index (χ1) is 7.50. The van der Waals surface area contributed by atoms with Crippen LogP contribution in [-0.2, 0) is 20.1 Å². The molecular weight excluding hydrogens is 372 g/mol. The molecule has 0 saturated carbocycles. The molecule has 93 valence electrons. The number of hydrogen-bond donors (Lipinski definition) is 0. The second kappa shape index (κ2) is 17.0. The van der Waals surface area contributed by atoms with Gasteiger partial charge in [0.15, 0.2) is 0 Å².